The third-order valence-corrected chi connectivity index (χ3v) is 3.33. The zero-order chi connectivity index (χ0) is 15.1. The molecule has 1 aromatic carbocycles. The summed E-state index contributed by atoms with van der Waals surface area (Å²) in [6, 6.07) is 7.47. The Morgan fingerprint density at radius 3 is 2.48 bits per heavy atom. The molecule has 2 aromatic rings. The Balaban J connectivity index is 2.09. The summed E-state index contributed by atoms with van der Waals surface area (Å²) in [5, 5.41) is 3.14. The van der Waals surface area contributed by atoms with E-state index in [4.69, 9.17) is 9.47 Å². The minimum Gasteiger partial charge on any atom is -0.494 e. The molecule has 1 heterocycles. The fourth-order valence-electron chi connectivity index (χ4n) is 1.65. The molecule has 1 aromatic heterocycles. The molecule has 0 amide bonds. The molecule has 0 aliphatic heterocycles. The van der Waals surface area contributed by atoms with E-state index in [0.29, 0.717) is 28.5 Å². The first-order chi connectivity index (χ1) is 10.2. The topological polar surface area (TPSA) is 56.3 Å². The SMILES string of the molecule is CCCOc1ccc(Oc2ncnc(NCC)c2Br)cc1. The van der Waals surface area contributed by atoms with E-state index in [2.05, 4.69) is 38.1 Å². The predicted octanol–water partition coefficient (Wildman–Crippen LogP) is 4.25. The first-order valence-corrected chi connectivity index (χ1v) is 7.69. The molecule has 0 aliphatic carbocycles. The largest absolute Gasteiger partial charge is 0.494 e. The molecule has 112 valence electrons. The highest BCUT2D eigenvalue weighted by molar-refractivity contribution is 9.10. The lowest BCUT2D eigenvalue weighted by molar-refractivity contribution is 0.317. The van der Waals surface area contributed by atoms with Gasteiger partial charge in [0.15, 0.2) is 0 Å². The Morgan fingerprint density at radius 2 is 1.81 bits per heavy atom. The molecule has 0 radical (unpaired) electrons. The number of nitrogens with zero attached hydrogens (tertiary/aromatic N) is 2. The summed E-state index contributed by atoms with van der Waals surface area (Å²) >= 11 is 3.45. The molecular weight excluding hydrogens is 334 g/mol. The van der Waals surface area contributed by atoms with Gasteiger partial charge in [0.05, 0.1) is 6.61 Å². The highest BCUT2D eigenvalue weighted by Crippen LogP contribution is 2.32. The Labute approximate surface area is 132 Å². The fourth-order valence-corrected chi connectivity index (χ4v) is 2.08. The zero-order valence-electron chi connectivity index (χ0n) is 12.1. The van der Waals surface area contributed by atoms with Crippen LogP contribution in [0, 0.1) is 0 Å². The van der Waals surface area contributed by atoms with Gasteiger partial charge in [-0.3, -0.25) is 0 Å². The number of ether oxygens (including phenoxy) is 2. The molecule has 0 saturated heterocycles. The molecule has 5 nitrogen and oxygen atoms in total. The number of aromatic nitrogens is 2. The molecule has 0 bridgehead atoms. The Hall–Kier alpha value is -1.82. The quantitative estimate of drug-likeness (QED) is 0.807. The van der Waals surface area contributed by atoms with Gasteiger partial charge in [0.25, 0.3) is 0 Å². The lowest BCUT2D eigenvalue weighted by Gasteiger charge is -2.10. The summed E-state index contributed by atoms with van der Waals surface area (Å²) in [4.78, 5) is 8.29. The maximum Gasteiger partial charge on any atom is 0.238 e. The Morgan fingerprint density at radius 1 is 1.10 bits per heavy atom. The number of hydrogen-bond donors (Lipinski definition) is 1. The highest BCUT2D eigenvalue weighted by Gasteiger charge is 2.10. The van der Waals surface area contributed by atoms with Gasteiger partial charge in [0.1, 0.15) is 28.1 Å². The Kier molecular flexibility index (Phi) is 5.80. The van der Waals surface area contributed by atoms with Crippen LogP contribution in [-0.2, 0) is 0 Å². The van der Waals surface area contributed by atoms with Crippen LogP contribution in [0.3, 0.4) is 0 Å². The van der Waals surface area contributed by atoms with Crippen LogP contribution in [0.1, 0.15) is 20.3 Å². The van der Waals surface area contributed by atoms with Crippen molar-refractivity contribution in [3.8, 4) is 17.4 Å². The van der Waals surface area contributed by atoms with Gasteiger partial charge in [-0.1, -0.05) is 6.92 Å². The smallest absolute Gasteiger partial charge is 0.238 e. The van der Waals surface area contributed by atoms with Crippen LogP contribution >= 0.6 is 15.9 Å². The third kappa shape index (κ3) is 4.32. The second kappa shape index (κ2) is 7.83. The molecular formula is C15H18BrN3O2. The van der Waals surface area contributed by atoms with Crippen molar-refractivity contribution in [1.29, 1.82) is 0 Å². The molecule has 21 heavy (non-hydrogen) atoms. The van der Waals surface area contributed by atoms with Gasteiger partial charge < -0.3 is 14.8 Å². The van der Waals surface area contributed by atoms with Crippen LogP contribution in [0.5, 0.6) is 17.4 Å². The molecule has 2 rings (SSSR count). The van der Waals surface area contributed by atoms with E-state index in [1.807, 2.05) is 31.2 Å². The van der Waals surface area contributed by atoms with Crippen LogP contribution in [0.15, 0.2) is 35.1 Å². The second-order valence-electron chi connectivity index (χ2n) is 4.29. The molecule has 0 saturated carbocycles. The van der Waals surface area contributed by atoms with Gasteiger partial charge in [-0.15, -0.1) is 0 Å². The number of nitrogens with one attached hydrogen (secondary N) is 1. The van der Waals surface area contributed by atoms with E-state index in [9.17, 15) is 0 Å². The lowest BCUT2D eigenvalue weighted by atomic mass is 10.3. The summed E-state index contributed by atoms with van der Waals surface area (Å²) < 4.78 is 12.0. The van der Waals surface area contributed by atoms with Crippen LogP contribution in [0.4, 0.5) is 5.82 Å². The van der Waals surface area contributed by atoms with Gasteiger partial charge in [0, 0.05) is 6.54 Å². The van der Waals surface area contributed by atoms with Crippen molar-refractivity contribution in [1.82, 2.24) is 9.97 Å². The summed E-state index contributed by atoms with van der Waals surface area (Å²) in [7, 11) is 0. The molecule has 0 spiro atoms. The molecule has 6 heteroatoms. The Bertz CT molecular complexity index is 576. The second-order valence-corrected chi connectivity index (χ2v) is 5.09. The van der Waals surface area contributed by atoms with E-state index >= 15 is 0 Å². The van der Waals surface area contributed by atoms with E-state index < -0.39 is 0 Å². The van der Waals surface area contributed by atoms with Crippen molar-refractivity contribution < 1.29 is 9.47 Å². The molecule has 1 N–H and O–H groups in total. The number of benzene rings is 1. The summed E-state index contributed by atoms with van der Waals surface area (Å²) in [5.41, 5.74) is 0. The minimum absolute atomic E-state index is 0.475. The zero-order valence-corrected chi connectivity index (χ0v) is 13.7. The van der Waals surface area contributed by atoms with Gasteiger partial charge in [-0.25, -0.2) is 9.97 Å². The number of hydrogen-bond acceptors (Lipinski definition) is 5. The lowest BCUT2D eigenvalue weighted by Crippen LogP contribution is -2.02. The van der Waals surface area contributed by atoms with Crippen LogP contribution in [0.25, 0.3) is 0 Å². The van der Waals surface area contributed by atoms with Crippen molar-refractivity contribution >= 4 is 21.7 Å². The minimum atomic E-state index is 0.475. The summed E-state index contributed by atoms with van der Waals surface area (Å²) in [6.07, 6.45) is 2.45. The third-order valence-electron chi connectivity index (χ3n) is 2.61. The van der Waals surface area contributed by atoms with Crippen molar-refractivity contribution in [3.63, 3.8) is 0 Å². The monoisotopic (exact) mass is 351 g/mol. The van der Waals surface area contributed by atoms with Gasteiger partial charge in [-0.05, 0) is 53.5 Å². The molecule has 0 unspecified atom stereocenters. The van der Waals surface area contributed by atoms with Crippen molar-refractivity contribution in [2.45, 2.75) is 20.3 Å². The predicted molar refractivity (Wildman–Crippen MR) is 86.2 cm³/mol. The van der Waals surface area contributed by atoms with Gasteiger partial charge >= 0.3 is 0 Å². The number of anilines is 1. The average Bonchev–Trinajstić information content (AvgIpc) is 2.51. The number of halogens is 1. The van der Waals surface area contributed by atoms with E-state index in [0.717, 1.165) is 18.7 Å². The first kappa shape index (κ1) is 15.6. The van der Waals surface area contributed by atoms with Crippen molar-refractivity contribution in [2.75, 3.05) is 18.5 Å². The van der Waals surface area contributed by atoms with Crippen molar-refractivity contribution in [2.24, 2.45) is 0 Å². The van der Waals surface area contributed by atoms with Crippen LogP contribution < -0.4 is 14.8 Å². The van der Waals surface area contributed by atoms with Crippen LogP contribution in [0.2, 0.25) is 0 Å². The number of rotatable bonds is 7. The average molecular weight is 352 g/mol. The van der Waals surface area contributed by atoms with E-state index in [1.165, 1.54) is 6.33 Å². The van der Waals surface area contributed by atoms with Crippen LogP contribution in [-0.4, -0.2) is 23.1 Å². The highest BCUT2D eigenvalue weighted by atomic mass is 79.9. The van der Waals surface area contributed by atoms with Gasteiger partial charge in [-0.2, -0.15) is 0 Å². The summed E-state index contributed by atoms with van der Waals surface area (Å²) in [6.45, 7) is 5.57. The normalized spacial score (nSPS) is 10.2. The molecule has 0 aliphatic rings. The van der Waals surface area contributed by atoms with Gasteiger partial charge in [0.2, 0.25) is 5.88 Å². The van der Waals surface area contributed by atoms with Crippen molar-refractivity contribution in [3.05, 3.63) is 35.1 Å². The molecule has 0 fully saturated rings. The standard InChI is InChI=1S/C15H18BrN3O2/c1-3-9-20-11-5-7-12(8-6-11)21-15-13(16)14(17-4-2)18-10-19-15/h5-8,10H,3-4,9H2,1-2H3,(H,17,18,19). The van der Waals surface area contributed by atoms with E-state index in [1.54, 1.807) is 0 Å². The maximum atomic E-state index is 5.76. The first-order valence-electron chi connectivity index (χ1n) is 6.89. The summed E-state index contributed by atoms with van der Waals surface area (Å²) in [5.74, 6) is 2.72. The van der Waals surface area contributed by atoms with E-state index in [-0.39, 0.29) is 0 Å². The maximum absolute atomic E-state index is 5.76. The fraction of sp³-hybridized carbons (Fsp3) is 0.333. The molecule has 0 atom stereocenters.